The van der Waals surface area contributed by atoms with Gasteiger partial charge in [0.1, 0.15) is 5.75 Å². The van der Waals surface area contributed by atoms with Gasteiger partial charge in [-0.15, -0.1) is 0 Å². The lowest BCUT2D eigenvalue weighted by molar-refractivity contribution is -0.167. The van der Waals surface area contributed by atoms with E-state index in [0.717, 1.165) is 24.0 Å². The molecule has 0 aliphatic carbocycles. The molecule has 0 aliphatic rings. The van der Waals surface area contributed by atoms with Crippen LogP contribution in [0.5, 0.6) is 5.75 Å². The number of hydrogen-bond acceptors (Lipinski definition) is 3. The Morgan fingerprint density at radius 1 is 1.42 bits per heavy atom. The molecule has 1 aromatic rings. The maximum atomic E-state index is 11.9. The van der Waals surface area contributed by atoms with E-state index in [1.807, 2.05) is 32.0 Å². The molecule has 4 heteroatoms. The first-order valence-corrected chi connectivity index (χ1v) is 6.66. The summed E-state index contributed by atoms with van der Waals surface area (Å²) < 4.78 is 5.77. The number of nitrogens with zero attached hydrogens (tertiary/aromatic N) is 1. The monoisotopic (exact) mass is 265 g/mol. The highest BCUT2D eigenvalue weighted by molar-refractivity contribution is 5.79. The molecular formula is C15H23NO3. The van der Waals surface area contributed by atoms with Gasteiger partial charge in [0, 0.05) is 7.05 Å². The fraction of sp³-hybridized carbons (Fsp3) is 0.533. The van der Waals surface area contributed by atoms with E-state index in [0.29, 0.717) is 17.2 Å². The lowest BCUT2D eigenvalue weighted by atomic mass is 10.1. The first-order valence-electron chi connectivity index (χ1n) is 6.66. The van der Waals surface area contributed by atoms with Gasteiger partial charge < -0.3 is 4.74 Å². The average molecular weight is 265 g/mol. The van der Waals surface area contributed by atoms with Gasteiger partial charge in [-0.1, -0.05) is 31.0 Å². The molecule has 1 atom stereocenters. The zero-order valence-electron chi connectivity index (χ0n) is 12.1. The topological polar surface area (TPSA) is 49.8 Å². The van der Waals surface area contributed by atoms with Crippen LogP contribution in [-0.2, 0) is 4.79 Å². The maximum Gasteiger partial charge on any atom is 0.286 e. The zero-order valence-corrected chi connectivity index (χ0v) is 12.1. The van der Waals surface area contributed by atoms with Gasteiger partial charge in [0.05, 0.1) is 0 Å². The Labute approximate surface area is 114 Å². The van der Waals surface area contributed by atoms with E-state index in [9.17, 15) is 10.0 Å². The van der Waals surface area contributed by atoms with E-state index in [-0.39, 0.29) is 0 Å². The molecule has 0 saturated heterocycles. The summed E-state index contributed by atoms with van der Waals surface area (Å²) in [5.41, 5.74) is 2.15. The van der Waals surface area contributed by atoms with Crippen molar-refractivity contribution in [2.24, 2.45) is 0 Å². The Morgan fingerprint density at radius 2 is 2.11 bits per heavy atom. The van der Waals surface area contributed by atoms with E-state index in [1.54, 1.807) is 0 Å². The van der Waals surface area contributed by atoms with Crippen molar-refractivity contribution >= 4 is 5.91 Å². The largest absolute Gasteiger partial charge is 0.480 e. The molecule has 0 bridgehead atoms. The normalized spacial score (nSPS) is 12.1. The van der Waals surface area contributed by atoms with E-state index in [4.69, 9.17) is 4.74 Å². The minimum atomic E-state index is -0.628. The Hall–Kier alpha value is -1.55. The number of hydroxylamine groups is 2. The van der Waals surface area contributed by atoms with Crippen molar-refractivity contribution in [1.82, 2.24) is 5.06 Å². The van der Waals surface area contributed by atoms with Crippen LogP contribution >= 0.6 is 0 Å². The SMILES string of the molecule is CCCCC(Oc1ccc(C)cc1C)C(=O)N(C)O. The first kappa shape index (κ1) is 15.5. The van der Waals surface area contributed by atoms with Crippen molar-refractivity contribution in [1.29, 1.82) is 0 Å². The molecule has 0 heterocycles. The van der Waals surface area contributed by atoms with Crippen LogP contribution in [0, 0.1) is 13.8 Å². The molecule has 0 spiro atoms. The Balaban J connectivity index is 2.84. The summed E-state index contributed by atoms with van der Waals surface area (Å²) in [5.74, 6) is 0.287. The van der Waals surface area contributed by atoms with Crippen molar-refractivity contribution in [2.45, 2.75) is 46.1 Å². The van der Waals surface area contributed by atoms with Crippen LogP contribution in [0.15, 0.2) is 18.2 Å². The van der Waals surface area contributed by atoms with Crippen LogP contribution in [0.4, 0.5) is 0 Å². The minimum absolute atomic E-state index is 0.409. The number of amides is 1. The van der Waals surface area contributed by atoms with Gasteiger partial charge in [-0.2, -0.15) is 0 Å². The molecule has 0 fully saturated rings. The fourth-order valence-corrected chi connectivity index (χ4v) is 1.92. The number of carbonyl (C=O) groups excluding carboxylic acids is 1. The molecule has 0 aromatic heterocycles. The van der Waals surface area contributed by atoms with Gasteiger partial charge in [0.15, 0.2) is 6.10 Å². The number of carbonyl (C=O) groups is 1. The summed E-state index contributed by atoms with van der Waals surface area (Å²) >= 11 is 0. The summed E-state index contributed by atoms with van der Waals surface area (Å²) in [5, 5.41) is 9.89. The molecule has 0 radical (unpaired) electrons. The van der Waals surface area contributed by atoms with Crippen LogP contribution < -0.4 is 4.74 Å². The summed E-state index contributed by atoms with van der Waals surface area (Å²) in [6.45, 7) is 6.02. The second kappa shape index (κ2) is 7.14. The number of benzene rings is 1. The van der Waals surface area contributed by atoms with Gasteiger partial charge in [-0.25, -0.2) is 5.06 Å². The highest BCUT2D eigenvalue weighted by atomic mass is 16.5. The number of aryl methyl sites for hydroxylation is 2. The lowest BCUT2D eigenvalue weighted by Crippen LogP contribution is -2.38. The average Bonchev–Trinajstić information content (AvgIpc) is 2.36. The molecule has 19 heavy (non-hydrogen) atoms. The van der Waals surface area contributed by atoms with Gasteiger partial charge in [-0.3, -0.25) is 10.0 Å². The van der Waals surface area contributed by atoms with E-state index in [1.165, 1.54) is 7.05 Å². The molecule has 1 amide bonds. The smallest absolute Gasteiger partial charge is 0.286 e. The Morgan fingerprint density at radius 3 is 2.63 bits per heavy atom. The maximum absolute atomic E-state index is 11.9. The second-order valence-electron chi connectivity index (χ2n) is 4.88. The molecule has 4 nitrogen and oxygen atoms in total. The fourth-order valence-electron chi connectivity index (χ4n) is 1.92. The van der Waals surface area contributed by atoms with Crippen molar-refractivity contribution in [3.63, 3.8) is 0 Å². The Bertz CT molecular complexity index is 429. The van der Waals surface area contributed by atoms with Crippen molar-refractivity contribution in [3.05, 3.63) is 29.3 Å². The number of unbranched alkanes of at least 4 members (excludes halogenated alkanes) is 1. The minimum Gasteiger partial charge on any atom is -0.480 e. The van der Waals surface area contributed by atoms with E-state index in [2.05, 4.69) is 6.92 Å². The van der Waals surface area contributed by atoms with E-state index >= 15 is 0 Å². The first-order chi connectivity index (χ1) is 8.95. The number of likely N-dealkylation sites (N-methyl/N-ethyl adjacent to an activating group) is 1. The third-order valence-corrected chi connectivity index (χ3v) is 3.01. The molecule has 0 saturated carbocycles. The molecular weight excluding hydrogens is 242 g/mol. The summed E-state index contributed by atoms with van der Waals surface area (Å²) in [6, 6.07) is 5.83. The van der Waals surface area contributed by atoms with E-state index < -0.39 is 12.0 Å². The molecule has 106 valence electrons. The Kier molecular flexibility index (Phi) is 5.83. The van der Waals surface area contributed by atoms with Gasteiger partial charge in [0.25, 0.3) is 5.91 Å². The number of rotatable bonds is 6. The molecule has 0 aliphatic heterocycles. The summed E-state index contributed by atoms with van der Waals surface area (Å²) in [7, 11) is 1.33. The summed E-state index contributed by atoms with van der Waals surface area (Å²) in [6.07, 6.45) is 1.84. The molecule has 1 aromatic carbocycles. The highest BCUT2D eigenvalue weighted by Gasteiger charge is 2.23. The number of ether oxygens (including phenoxy) is 1. The third kappa shape index (κ3) is 4.56. The van der Waals surface area contributed by atoms with Crippen LogP contribution in [-0.4, -0.2) is 29.3 Å². The molecule has 1 unspecified atom stereocenters. The quantitative estimate of drug-likeness (QED) is 0.635. The predicted molar refractivity (Wildman–Crippen MR) is 74.4 cm³/mol. The van der Waals surface area contributed by atoms with Crippen LogP contribution in [0.25, 0.3) is 0 Å². The molecule has 1 N–H and O–H groups in total. The summed E-state index contributed by atoms with van der Waals surface area (Å²) in [4.78, 5) is 11.9. The van der Waals surface area contributed by atoms with Crippen LogP contribution in [0.3, 0.4) is 0 Å². The van der Waals surface area contributed by atoms with Crippen LogP contribution in [0.2, 0.25) is 0 Å². The third-order valence-electron chi connectivity index (χ3n) is 3.01. The molecule has 1 rings (SSSR count). The lowest BCUT2D eigenvalue weighted by Gasteiger charge is -2.21. The van der Waals surface area contributed by atoms with Crippen molar-refractivity contribution < 1.29 is 14.7 Å². The second-order valence-corrected chi connectivity index (χ2v) is 4.88. The predicted octanol–water partition coefficient (Wildman–Crippen LogP) is 3.09. The van der Waals surface area contributed by atoms with Crippen molar-refractivity contribution in [2.75, 3.05) is 7.05 Å². The number of hydrogen-bond donors (Lipinski definition) is 1. The highest BCUT2D eigenvalue weighted by Crippen LogP contribution is 2.22. The van der Waals surface area contributed by atoms with Gasteiger partial charge in [-0.05, 0) is 38.3 Å². The zero-order chi connectivity index (χ0) is 14.4. The van der Waals surface area contributed by atoms with Gasteiger partial charge >= 0.3 is 0 Å². The van der Waals surface area contributed by atoms with Crippen molar-refractivity contribution in [3.8, 4) is 5.75 Å². The van der Waals surface area contributed by atoms with Crippen LogP contribution in [0.1, 0.15) is 37.3 Å². The van der Waals surface area contributed by atoms with Gasteiger partial charge in [0.2, 0.25) is 0 Å². The standard InChI is InChI=1S/C15H23NO3/c1-5-6-7-14(15(17)16(4)18)19-13-9-8-11(2)10-12(13)3/h8-10,14,18H,5-7H2,1-4H3.